The van der Waals surface area contributed by atoms with E-state index in [1.165, 1.54) is 5.69 Å². The molecule has 3 N–H and O–H groups in total. The maximum absolute atomic E-state index is 7.23. The normalized spacial score (nSPS) is 17.1. The van der Waals surface area contributed by atoms with Crippen molar-refractivity contribution in [3.05, 3.63) is 30.3 Å². The van der Waals surface area contributed by atoms with Gasteiger partial charge in [0, 0.05) is 44.8 Å². The van der Waals surface area contributed by atoms with Gasteiger partial charge >= 0.3 is 0 Å². The summed E-state index contributed by atoms with van der Waals surface area (Å²) < 4.78 is 0. The molecule has 0 bridgehead atoms. The van der Waals surface area contributed by atoms with E-state index in [-0.39, 0.29) is 5.84 Å². The topological polar surface area (TPSA) is 56.4 Å². The minimum atomic E-state index is 0.287. The van der Waals surface area contributed by atoms with Gasteiger partial charge in [0.15, 0.2) is 0 Å². The molecule has 92 valence electrons. The van der Waals surface area contributed by atoms with Crippen LogP contribution in [0.25, 0.3) is 0 Å². The number of hydrogen-bond acceptors (Lipinski definition) is 3. The number of amidine groups is 1. The van der Waals surface area contributed by atoms with Crippen molar-refractivity contribution in [2.24, 2.45) is 5.73 Å². The Bertz CT molecular complexity index is 355. The highest BCUT2D eigenvalue weighted by Crippen LogP contribution is 2.15. The summed E-state index contributed by atoms with van der Waals surface area (Å²) in [7, 11) is 0. The van der Waals surface area contributed by atoms with Crippen LogP contribution in [0.15, 0.2) is 30.3 Å². The van der Waals surface area contributed by atoms with Crippen LogP contribution in [0.1, 0.15) is 6.42 Å². The maximum atomic E-state index is 7.23. The minimum Gasteiger partial charge on any atom is -0.388 e. The highest BCUT2D eigenvalue weighted by atomic mass is 15.3. The largest absolute Gasteiger partial charge is 0.388 e. The minimum absolute atomic E-state index is 0.287. The molecule has 0 spiro atoms. The second kappa shape index (κ2) is 5.68. The van der Waals surface area contributed by atoms with Crippen LogP contribution in [-0.4, -0.2) is 43.5 Å². The van der Waals surface area contributed by atoms with Crippen LogP contribution < -0.4 is 10.6 Å². The molecular weight excluding hydrogens is 212 g/mol. The summed E-state index contributed by atoms with van der Waals surface area (Å²) in [6, 6.07) is 10.5. The fraction of sp³-hybridized carbons (Fsp3) is 0.462. The monoisotopic (exact) mass is 232 g/mol. The quantitative estimate of drug-likeness (QED) is 0.604. The number of rotatable bonds is 4. The first kappa shape index (κ1) is 11.9. The molecule has 0 saturated carbocycles. The fourth-order valence-electron chi connectivity index (χ4n) is 2.15. The zero-order chi connectivity index (χ0) is 12.1. The van der Waals surface area contributed by atoms with Gasteiger partial charge in [-0.1, -0.05) is 18.2 Å². The van der Waals surface area contributed by atoms with Gasteiger partial charge in [-0.2, -0.15) is 0 Å². The molecule has 0 radical (unpaired) electrons. The number of nitrogens with two attached hydrogens (primary N) is 1. The Morgan fingerprint density at radius 1 is 1.12 bits per heavy atom. The van der Waals surface area contributed by atoms with Gasteiger partial charge in [0.2, 0.25) is 0 Å². The van der Waals surface area contributed by atoms with Gasteiger partial charge in [-0.3, -0.25) is 10.3 Å². The first-order valence-electron chi connectivity index (χ1n) is 6.11. The van der Waals surface area contributed by atoms with Gasteiger partial charge in [0.1, 0.15) is 0 Å². The number of benzene rings is 1. The lowest BCUT2D eigenvalue weighted by Crippen LogP contribution is -2.47. The van der Waals surface area contributed by atoms with Crippen LogP contribution in [0.4, 0.5) is 5.69 Å². The molecule has 1 aliphatic rings. The van der Waals surface area contributed by atoms with Gasteiger partial charge < -0.3 is 10.6 Å². The van der Waals surface area contributed by atoms with Crippen LogP contribution in [0.3, 0.4) is 0 Å². The Balaban J connectivity index is 1.80. The summed E-state index contributed by atoms with van der Waals surface area (Å²) in [5, 5.41) is 7.23. The Kier molecular flexibility index (Phi) is 3.98. The van der Waals surface area contributed by atoms with Crippen molar-refractivity contribution < 1.29 is 0 Å². The number of nitrogens with one attached hydrogen (secondary N) is 1. The van der Waals surface area contributed by atoms with Crippen molar-refractivity contribution >= 4 is 11.5 Å². The molecule has 1 heterocycles. The summed E-state index contributed by atoms with van der Waals surface area (Å²) in [5.41, 5.74) is 6.68. The van der Waals surface area contributed by atoms with Crippen molar-refractivity contribution in [3.8, 4) is 0 Å². The van der Waals surface area contributed by atoms with Crippen LogP contribution in [0.2, 0.25) is 0 Å². The Hall–Kier alpha value is -1.55. The number of nitrogens with zero attached hydrogens (tertiary/aromatic N) is 2. The van der Waals surface area contributed by atoms with E-state index in [0.29, 0.717) is 6.42 Å². The number of anilines is 1. The molecule has 4 nitrogen and oxygen atoms in total. The van der Waals surface area contributed by atoms with Crippen LogP contribution in [0.5, 0.6) is 0 Å². The third-order valence-corrected chi connectivity index (χ3v) is 3.19. The van der Waals surface area contributed by atoms with E-state index < -0.39 is 0 Å². The first-order valence-corrected chi connectivity index (χ1v) is 6.11. The predicted molar refractivity (Wildman–Crippen MR) is 71.6 cm³/mol. The standard InChI is InChI=1S/C13H20N4/c14-13(15)6-7-16-8-10-17(11-9-16)12-4-2-1-3-5-12/h1-5H,6-11H2,(H3,14,15). The van der Waals surface area contributed by atoms with Gasteiger partial charge in [0.05, 0.1) is 5.84 Å². The average Bonchev–Trinajstić information content (AvgIpc) is 2.38. The lowest BCUT2D eigenvalue weighted by Gasteiger charge is -2.36. The van der Waals surface area contributed by atoms with Gasteiger partial charge in [0.25, 0.3) is 0 Å². The molecule has 0 aliphatic carbocycles. The first-order chi connectivity index (χ1) is 8.25. The number of para-hydroxylation sites is 1. The predicted octanol–water partition coefficient (Wildman–Crippen LogP) is 1.13. The molecule has 0 aromatic heterocycles. The molecule has 17 heavy (non-hydrogen) atoms. The van der Waals surface area contributed by atoms with E-state index >= 15 is 0 Å². The second-order valence-electron chi connectivity index (χ2n) is 4.44. The maximum Gasteiger partial charge on any atom is 0.0918 e. The third-order valence-electron chi connectivity index (χ3n) is 3.19. The molecule has 1 fully saturated rings. The summed E-state index contributed by atoms with van der Waals surface area (Å²) in [4.78, 5) is 4.78. The summed E-state index contributed by atoms with van der Waals surface area (Å²) in [5.74, 6) is 0.287. The fourth-order valence-corrected chi connectivity index (χ4v) is 2.15. The molecule has 0 amide bonds. The van der Waals surface area contributed by atoms with E-state index in [1.807, 2.05) is 6.07 Å². The third kappa shape index (κ3) is 3.46. The van der Waals surface area contributed by atoms with Crippen molar-refractivity contribution in [1.29, 1.82) is 5.41 Å². The molecule has 0 unspecified atom stereocenters. The van der Waals surface area contributed by atoms with E-state index in [9.17, 15) is 0 Å². The summed E-state index contributed by atoms with van der Waals surface area (Å²) in [6.07, 6.45) is 0.686. The van der Waals surface area contributed by atoms with Gasteiger partial charge in [-0.05, 0) is 12.1 Å². The Labute approximate surface area is 103 Å². The number of hydrogen-bond donors (Lipinski definition) is 2. The molecule has 2 rings (SSSR count). The van der Waals surface area contributed by atoms with Crippen LogP contribution in [-0.2, 0) is 0 Å². The van der Waals surface area contributed by atoms with Crippen molar-refractivity contribution in [1.82, 2.24) is 4.90 Å². The Morgan fingerprint density at radius 3 is 2.35 bits per heavy atom. The summed E-state index contributed by atoms with van der Waals surface area (Å²) in [6.45, 7) is 5.14. The molecule has 1 aromatic carbocycles. The molecule has 1 aromatic rings. The van der Waals surface area contributed by atoms with E-state index in [1.54, 1.807) is 0 Å². The highest BCUT2D eigenvalue weighted by Gasteiger charge is 2.16. The molecular formula is C13H20N4. The number of piperazine rings is 1. The molecule has 1 saturated heterocycles. The van der Waals surface area contributed by atoms with Crippen LogP contribution >= 0.6 is 0 Å². The SMILES string of the molecule is N=C(N)CCN1CCN(c2ccccc2)CC1. The lowest BCUT2D eigenvalue weighted by molar-refractivity contribution is 0.264. The van der Waals surface area contributed by atoms with E-state index in [0.717, 1.165) is 32.7 Å². The van der Waals surface area contributed by atoms with Crippen molar-refractivity contribution in [3.63, 3.8) is 0 Å². The average molecular weight is 232 g/mol. The van der Waals surface area contributed by atoms with E-state index in [4.69, 9.17) is 11.1 Å². The van der Waals surface area contributed by atoms with Crippen molar-refractivity contribution in [2.75, 3.05) is 37.6 Å². The molecule has 4 heteroatoms. The molecule has 0 atom stereocenters. The zero-order valence-corrected chi connectivity index (χ0v) is 10.1. The van der Waals surface area contributed by atoms with Crippen molar-refractivity contribution in [2.45, 2.75) is 6.42 Å². The highest BCUT2D eigenvalue weighted by molar-refractivity contribution is 5.76. The lowest BCUT2D eigenvalue weighted by atomic mass is 10.2. The van der Waals surface area contributed by atoms with Gasteiger partial charge in [-0.15, -0.1) is 0 Å². The van der Waals surface area contributed by atoms with Crippen LogP contribution in [0, 0.1) is 5.41 Å². The Morgan fingerprint density at radius 2 is 1.76 bits per heavy atom. The molecule has 1 aliphatic heterocycles. The van der Waals surface area contributed by atoms with Gasteiger partial charge in [-0.25, -0.2) is 0 Å². The smallest absolute Gasteiger partial charge is 0.0918 e. The summed E-state index contributed by atoms with van der Waals surface area (Å²) >= 11 is 0. The van der Waals surface area contributed by atoms with E-state index in [2.05, 4.69) is 34.1 Å². The zero-order valence-electron chi connectivity index (χ0n) is 10.1. The second-order valence-corrected chi connectivity index (χ2v) is 4.44.